The average molecular weight is 392 g/mol. The van der Waals surface area contributed by atoms with Crippen molar-refractivity contribution in [2.24, 2.45) is 0 Å². The monoisotopic (exact) mass is 392 g/mol. The Hall–Kier alpha value is -2.86. The van der Waals surface area contributed by atoms with E-state index in [1.807, 2.05) is 36.4 Å². The lowest BCUT2D eigenvalue weighted by Crippen LogP contribution is -2.28. The average Bonchev–Trinajstić information content (AvgIpc) is 3.13. The number of imide groups is 1. The summed E-state index contributed by atoms with van der Waals surface area (Å²) in [6.45, 7) is 2.14. The summed E-state index contributed by atoms with van der Waals surface area (Å²) in [5.74, 6) is -0.702. The van der Waals surface area contributed by atoms with E-state index in [-0.39, 0.29) is 16.1 Å². The Balaban J connectivity index is 1.70. The van der Waals surface area contributed by atoms with E-state index in [9.17, 15) is 14.4 Å². The van der Waals surface area contributed by atoms with Gasteiger partial charge in [0.25, 0.3) is 17.1 Å². The van der Waals surface area contributed by atoms with Crippen LogP contribution in [0, 0.1) is 0 Å². The van der Waals surface area contributed by atoms with Crippen molar-refractivity contribution in [3.05, 3.63) is 64.6 Å². The first-order valence-corrected chi connectivity index (χ1v) is 10.1. The number of anilines is 2. The molecule has 5 nitrogen and oxygen atoms in total. The molecule has 0 spiro atoms. The van der Waals surface area contributed by atoms with Crippen molar-refractivity contribution in [3.8, 4) is 0 Å². The Labute approximate surface area is 168 Å². The number of hydrogen-bond donors (Lipinski definition) is 0. The van der Waals surface area contributed by atoms with Gasteiger partial charge < -0.3 is 4.90 Å². The summed E-state index contributed by atoms with van der Waals surface area (Å²) < 4.78 is 0. The minimum absolute atomic E-state index is 0.196. The van der Waals surface area contributed by atoms with Crippen molar-refractivity contribution < 1.29 is 14.4 Å². The van der Waals surface area contributed by atoms with Crippen LogP contribution >= 0.6 is 11.8 Å². The zero-order chi connectivity index (χ0) is 19.8. The number of amides is 3. The number of rotatable bonds is 4. The molecule has 0 aliphatic carbocycles. The molecule has 0 aromatic heterocycles. The topological polar surface area (TPSA) is 57.7 Å². The van der Waals surface area contributed by atoms with Gasteiger partial charge in [-0.3, -0.25) is 14.4 Å². The van der Waals surface area contributed by atoms with E-state index >= 15 is 0 Å². The second kappa shape index (κ2) is 7.28. The normalized spacial score (nSPS) is 19.0. The zero-order valence-electron chi connectivity index (χ0n) is 15.8. The number of para-hydroxylation sites is 1. The second-order valence-electron chi connectivity index (χ2n) is 6.86. The minimum atomic E-state index is -0.440. The maximum absolute atomic E-state index is 13.1. The maximum atomic E-state index is 13.1. The molecular formula is C22H20N2O3S. The highest BCUT2D eigenvalue weighted by Crippen LogP contribution is 2.44. The predicted octanol–water partition coefficient (Wildman–Crippen LogP) is 4.62. The number of aryl methyl sites for hydroxylation is 1. The Bertz CT molecular complexity index is 1010. The first kappa shape index (κ1) is 18.5. The molecule has 142 valence electrons. The fourth-order valence-corrected chi connectivity index (χ4v) is 4.46. The molecule has 0 saturated carbocycles. The van der Waals surface area contributed by atoms with Crippen LogP contribution in [0.15, 0.2) is 53.4 Å². The summed E-state index contributed by atoms with van der Waals surface area (Å²) in [7, 11) is 1.67. The van der Waals surface area contributed by atoms with E-state index in [2.05, 4.69) is 6.92 Å². The van der Waals surface area contributed by atoms with Gasteiger partial charge in [0, 0.05) is 12.6 Å². The van der Waals surface area contributed by atoms with Gasteiger partial charge in [-0.05, 0) is 48.4 Å². The number of likely N-dealkylation sites (N-methyl/N-ethyl adjacent to an activating group) is 1. The van der Waals surface area contributed by atoms with Crippen LogP contribution in [0.4, 0.5) is 16.2 Å². The summed E-state index contributed by atoms with van der Waals surface area (Å²) >= 11 is 0.831. The molecular weight excluding hydrogens is 372 g/mol. The highest BCUT2D eigenvalue weighted by molar-refractivity contribution is 8.19. The molecule has 0 bridgehead atoms. The van der Waals surface area contributed by atoms with Gasteiger partial charge in [0.15, 0.2) is 0 Å². The van der Waals surface area contributed by atoms with E-state index < -0.39 is 5.91 Å². The minimum Gasteiger partial charge on any atom is -0.311 e. The lowest BCUT2D eigenvalue weighted by atomic mass is 10.1. The summed E-state index contributed by atoms with van der Waals surface area (Å²) in [5, 5.41) is -0.381. The van der Waals surface area contributed by atoms with Crippen molar-refractivity contribution in [2.45, 2.75) is 26.2 Å². The lowest BCUT2D eigenvalue weighted by molar-refractivity contribution is -0.115. The van der Waals surface area contributed by atoms with Crippen molar-refractivity contribution in [1.29, 1.82) is 0 Å². The van der Waals surface area contributed by atoms with Gasteiger partial charge in [0.1, 0.15) is 0 Å². The molecule has 3 amide bonds. The largest absolute Gasteiger partial charge is 0.311 e. The van der Waals surface area contributed by atoms with Crippen LogP contribution in [0.5, 0.6) is 0 Å². The van der Waals surface area contributed by atoms with Crippen molar-refractivity contribution >= 4 is 45.8 Å². The third-order valence-electron chi connectivity index (χ3n) is 5.06. The SMILES string of the molecule is CCCCc1ccc(N2C(=O)S/C(=C3\C(=O)N(C)c4ccccc43)C2=O)cc1. The number of carbonyl (C=O) groups excluding carboxylic acids is 3. The van der Waals surface area contributed by atoms with Crippen molar-refractivity contribution in [2.75, 3.05) is 16.8 Å². The van der Waals surface area contributed by atoms with E-state index in [4.69, 9.17) is 0 Å². The zero-order valence-corrected chi connectivity index (χ0v) is 16.6. The summed E-state index contributed by atoms with van der Waals surface area (Å²) in [6.07, 6.45) is 3.19. The maximum Gasteiger partial charge on any atom is 0.298 e. The van der Waals surface area contributed by atoms with E-state index in [0.717, 1.165) is 41.6 Å². The number of fused-ring (bicyclic) bond motifs is 1. The third-order valence-corrected chi connectivity index (χ3v) is 6.00. The van der Waals surface area contributed by atoms with Crippen LogP contribution in [0.25, 0.3) is 5.57 Å². The standard InChI is InChI=1S/C22H20N2O3S/c1-3-4-7-14-10-12-15(13-11-14)24-21(26)19(28-22(24)27)18-16-8-5-6-9-17(16)23(2)20(18)25/h5-6,8-13H,3-4,7H2,1-2H3/b19-18-. The van der Waals surface area contributed by atoms with Gasteiger partial charge in [-0.1, -0.05) is 43.7 Å². The van der Waals surface area contributed by atoms with Gasteiger partial charge >= 0.3 is 0 Å². The molecule has 4 rings (SSSR count). The fraction of sp³-hybridized carbons (Fsp3) is 0.227. The van der Waals surface area contributed by atoms with Gasteiger partial charge in [0.05, 0.1) is 21.9 Å². The second-order valence-corrected chi connectivity index (χ2v) is 7.83. The molecule has 2 aromatic carbocycles. The van der Waals surface area contributed by atoms with E-state index in [1.54, 1.807) is 19.2 Å². The van der Waals surface area contributed by atoms with Gasteiger partial charge in [0.2, 0.25) is 0 Å². The number of benzene rings is 2. The molecule has 0 N–H and O–H groups in total. The van der Waals surface area contributed by atoms with Gasteiger partial charge in [-0.15, -0.1) is 0 Å². The third kappa shape index (κ3) is 2.94. The molecule has 6 heteroatoms. The van der Waals surface area contributed by atoms with Crippen LogP contribution in [0.1, 0.15) is 30.9 Å². The molecule has 1 saturated heterocycles. The highest BCUT2D eigenvalue weighted by atomic mass is 32.2. The number of nitrogens with zero attached hydrogens (tertiary/aromatic N) is 2. The number of unbranched alkanes of at least 4 members (excludes halogenated alkanes) is 1. The molecule has 0 unspecified atom stereocenters. The number of carbonyl (C=O) groups is 3. The van der Waals surface area contributed by atoms with Crippen LogP contribution in [0.2, 0.25) is 0 Å². The highest BCUT2D eigenvalue weighted by Gasteiger charge is 2.43. The van der Waals surface area contributed by atoms with Crippen molar-refractivity contribution in [3.63, 3.8) is 0 Å². The quantitative estimate of drug-likeness (QED) is 0.713. The molecule has 2 aromatic rings. The molecule has 0 atom stereocenters. The first-order chi connectivity index (χ1) is 13.5. The van der Waals surface area contributed by atoms with Crippen LogP contribution in [-0.2, 0) is 16.0 Å². The lowest BCUT2D eigenvalue weighted by Gasteiger charge is -2.13. The Morgan fingerprint density at radius 1 is 0.929 bits per heavy atom. The van der Waals surface area contributed by atoms with Crippen LogP contribution in [-0.4, -0.2) is 24.1 Å². The Morgan fingerprint density at radius 2 is 1.64 bits per heavy atom. The number of thioether (sulfide) groups is 1. The summed E-state index contributed by atoms with van der Waals surface area (Å²) in [4.78, 5) is 41.3. The molecule has 1 fully saturated rings. The Kier molecular flexibility index (Phi) is 4.81. The summed E-state index contributed by atoms with van der Waals surface area (Å²) in [6, 6.07) is 14.8. The molecule has 28 heavy (non-hydrogen) atoms. The van der Waals surface area contributed by atoms with Crippen LogP contribution in [0.3, 0.4) is 0 Å². The molecule has 2 aliphatic rings. The Morgan fingerprint density at radius 3 is 2.36 bits per heavy atom. The predicted molar refractivity (Wildman–Crippen MR) is 112 cm³/mol. The van der Waals surface area contributed by atoms with E-state index in [0.29, 0.717) is 16.8 Å². The molecule has 2 aliphatic heterocycles. The summed E-state index contributed by atoms with van der Waals surface area (Å²) in [5.41, 5.74) is 3.45. The fourth-order valence-electron chi connectivity index (χ4n) is 3.52. The van der Waals surface area contributed by atoms with E-state index in [1.165, 1.54) is 10.5 Å². The van der Waals surface area contributed by atoms with Gasteiger partial charge in [-0.2, -0.15) is 0 Å². The van der Waals surface area contributed by atoms with Crippen molar-refractivity contribution in [1.82, 2.24) is 0 Å². The number of hydrogen-bond acceptors (Lipinski definition) is 4. The molecule has 0 radical (unpaired) electrons. The van der Waals surface area contributed by atoms with Gasteiger partial charge in [-0.25, -0.2) is 4.90 Å². The van der Waals surface area contributed by atoms with Crippen LogP contribution < -0.4 is 9.80 Å². The molecule has 2 heterocycles. The smallest absolute Gasteiger partial charge is 0.298 e. The first-order valence-electron chi connectivity index (χ1n) is 9.30.